The summed E-state index contributed by atoms with van der Waals surface area (Å²) >= 11 is 0. The van der Waals surface area contributed by atoms with Crippen molar-refractivity contribution in [2.45, 2.75) is 78.1 Å². The van der Waals surface area contributed by atoms with Crippen molar-refractivity contribution in [1.29, 1.82) is 0 Å². The highest BCUT2D eigenvalue weighted by atomic mass is 16.1. The summed E-state index contributed by atoms with van der Waals surface area (Å²) in [4.78, 5) is 12.5. The lowest BCUT2D eigenvalue weighted by Crippen LogP contribution is -2.53. The molecule has 0 unspecified atom stereocenters. The first kappa shape index (κ1) is 13.3. The molecule has 6 atom stereocenters. The fourth-order valence-electron chi connectivity index (χ4n) is 7.05. The molecule has 4 fully saturated rings. The van der Waals surface area contributed by atoms with Crippen molar-refractivity contribution in [1.82, 2.24) is 0 Å². The molecule has 0 radical (unpaired) electrons. The smallest absolute Gasteiger partial charge is 0.136 e. The van der Waals surface area contributed by atoms with E-state index in [0.29, 0.717) is 22.5 Å². The van der Waals surface area contributed by atoms with Crippen LogP contribution in [0.4, 0.5) is 0 Å². The van der Waals surface area contributed by atoms with Gasteiger partial charge in [-0.05, 0) is 73.5 Å². The molecule has 4 aliphatic carbocycles. The van der Waals surface area contributed by atoms with Crippen molar-refractivity contribution in [3.8, 4) is 0 Å². The van der Waals surface area contributed by atoms with Gasteiger partial charge in [0.1, 0.15) is 5.78 Å². The molecule has 0 heterocycles. The van der Waals surface area contributed by atoms with Crippen molar-refractivity contribution in [2.24, 2.45) is 34.5 Å². The molecule has 0 saturated heterocycles. The van der Waals surface area contributed by atoms with Gasteiger partial charge in [-0.3, -0.25) is 4.79 Å². The highest BCUT2D eigenvalue weighted by molar-refractivity contribution is 5.84. The van der Waals surface area contributed by atoms with Gasteiger partial charge in [-0.25, -0.2) is 0 Å². The second-order valence-corrected chi connectivity index (χ2v) is 8.93. The number of carbonyl (C=O) groups excluding carboxylic acids is 1. The van der Waals surface area contributed by atoms with Crippen LogP contribution in [0.1, 0.15) is 78.1 Å². The zero-order chi connectivity index (χ0) is 14.0. The lowest BCUT2D eigenvalue weighted by atomic mass is 9.45. The molecule has 4 saturated carbocycles. The van der Waals surface area contributed by atoms with Crippen LogP contribution in [0.5, 0.6) is 0 Å². The van der Waals surface area contributed by atoms with E-state index >= 15 is 0 Å². The lowest BCUT2D eigenvalue weighted by molar-refractivity contribution is -0.138. The normalized spacial score (nSPS) is 55.0. The van der Waals surface area contributed by atoms with Gasteiger partial charge >= 0.3 is 0 Å². The van der Waals surface area contributed by atoms with Crippen LogP contribution in [0.25, 0.3) is 0 Å². The predicted octanol–water partition coefficient (Wildman–Crippen LogP) is 4.99. The maximum atomic E-state index is 12.5. The first-order valence-corrected chi connectivity index (χ1v) is 9.07. The van der Waals surface area contributed by atoms with E-state index in [1.165, 1.54) is 57.8 Å². The van der Waals surface area contributed by atoms with Crippen LogP contribution in [0.3, 0.4) is 0 Å². The van der Waals surface area contributed by atoms with Crippen molar-refractivity contribution in [3.05, 3.63) is 0 Å². The monoisotopic (exact) mass is 274 g/mol. The highest BCUT2D eigenvalue weighted by Gasteiger charge is 2.59. The molecule has 0 aliphatic heterocycles. The molecule has 1 heteroatoms. The molecule has 4 aliphatic rings. The van der Waals surface area contributed by atoms with E-state index in [-0.39, 0.29) is 0 Å². The molecule has 0 aromatic carbocycles. The predicted molar refractivity (Wildman–Crippen MR) is 81.4 cm³/mol. The number of hydrogen-bond acceptors (Lipinski definition) is 1. The van der Waals surface area contributed by atoms with Gasteiger partial charge in [-0.2, -0.15) is 0 Å². The third-order valence-corrected chi connectivity index (χ3v) is 8.16. The highest BCUT2D eigenvalue weighted by Crippen LogP contribution is 2.65. The molecule has 0 aromatic heterocycles. The Labute approximate surface area is 123 Å². The van der Waals surface area contributed by atoms with Gasteiger partial charge < -0.3 is 0 Å². The van der Waals surface area contributed by atoms with Crippen molar-refractivity contribution >= 4 is 5.78 Å². The van der Waals surface area contributed by atoms with E-state index in [1.807, 2.05) is 0 Å². The Morgan fingerprint density at radius 1 is 0.950 bits per heavy atom. The molecule has 112 valence electrons. The molecule has 0 spiro atoms. The molecular formula is C19H30O. The van der Waals surface area contributed by atoms with Crippen molar-refractivity contribution in [3.63, 3.8) is 0 Å². The van der Waals surface area contributed by atoms with Gasteiger partial charge in [-0.1, -0.05) is 26.7 Å². The van der Waals surface area contributed by atoms with Crippen LogP contribution in [0.2, 0.25) is 0 Å². The van der Waals surface area contributed by atoms with Gasteiger partial charge in [0.2, 0.25) is 0 Å². The lowest BCUT2D eigenvalue weighted by Gasteiger charge is -2.59. The Bertz CT molecular complexity index is 427. The van der Waals surface area contributed by atoms with Gasteiger partial charge in [0.25, 0.3) is 0 Å². The third-order valence-electron chi connectivity index (χ3n) is 8.16. The summed E-state index contributed by atoms with van der Waals surface area (Å²) in [7, 11) is 0. The van der Waals surface area contributed by atoms with Crippen LogP contribution in [0.15, 0.2) is 0 Å². The van der Waals surface area contributed by atoms with Gasteiger partial charge in [0.15, 0.2) is 0 Å². The summed E-state index contributed by atoms with van der Waals surface area (Å²) in [6, 6.07) is 0. The van der Waals surface area contributed by atoms with Crippen molar-refractivity contribution < 1.29 is 4.79 Å². The van der Waals surface area contributed by atoms with Crippen LogP contribution in [-0.2, 0) is 4.79 Å². The minimum atomic E-state index is 0.371. The van der Waals surface area contributed by atoms with E-state index in [1.54, 1.807) is 0 Å². The molecular weight excluding hydrogens is 244 g/mol. The van der Waals surface area contributed by atoms with Gasteiger partial charge in [0.05, 0.1) is 0 Å². The largest absolute Gasteiger partial charge is 0.299 e. The zero-order valence-electron chi connectivity index (χ0n) is 13.3. The number of carbonyl (C=O) groups is 1. The second-order valence-electron chi connectivity index (χ2n) is 8.93. The Morgan fingerprint density at radius 3 is 2.65 bits per heavy atom. The Morgan fingerprint density at radius 2 is 1.80 bits per heavy atom. The van der Waals surface area contributed by atoms with E-state index < -0.39 is 0 Å². The summed E-state index contributed by atoms with van der Waals surface area (Å²) in [6.07, 6.45) is 13.4. The third kappa shape index (κ3) is 1.64. The minimum Gasteiger partial charge on any atom is -0.299 e. The number of Topliss-reactive ketones (excluding diaryl/α,β-unsaturated/α-hetero) is 1. The Kier molecular flexibility index (Phi) is 2.89. The second kappa shape index (κ2) is 4.34. The topological polar surface area (TPSA) is 17.1 Å². The summed E-state index contributed by atoms with van der Waals surface area (Å²) in [5.41, 5.74) is 0.946. The number of hydrogen-bond donors (Lipinski definition) is 0. The average molecular weight is 274 g/mol. The maximum absolute atomic E-state index is 12.5. The number of fused-ring (bicyclic) bond motifs is 5. The fraction of sp³-hybridized carbons (Fsp3) is 0.947. The maximum Gasteiger partial charge on any atom is 0.136 e. The fourth-order valence-corrected chi connectivity index (χ4v) is 7.05. The number of ketones is 1. The quantitative estimate of drug-likeness (QED) is 0.608. The van der Waals surface area contributed by atoms with Crippen LogP contribution < -0.4 is 0 Å². The first-order chi connectivity index (χ1) is 9.55. The molecule has 0 bridgehead atoms. The van der Waals surface area contributed by atoms with E-state index in [4.69, 9.17) is 0 Å². The molecule has 0 aromatic rings. The van der Waals surface area contributed by atoms with E-state index in [0.717, 1.165) is 24.2 Å². The Hall–Kier alpha value is -0.330. The SMILES string of the molecule is C[C@]12CCC(=O)[C@@H]1[C@@H]1CC[C@H]3CCCC[C@@]3(C)[C@@H]1CC2. The van der Waals surface area contributed by atoms with Crippen LogP contribution >= 0.6 is 0 Å². The average Bonchev–Trinajstić information content (AvgIpc) is 2.74. The number of rotatable bonds is 0. The Balaban J connectivity index is 1.68. The van der Waals surface area contributed by atoms with Crippen molar-refractivity contribution in [2.75, 3.05) is 0 Å². The van der Waals surface area contributed by atoms with Crippen LogP contribution in [0, 0.1) is 34.5 Å². The zero-order valence-corrected chi connectivity index (χ0v) is 13.3. The summed E-state index contributed by atoms with van der Waals surface area (Å²) in [6.45, 7) is 5.02. The first-order valence-electron chi connectivity index (χ1n) is 9.07. The molecule has 0 N–H and O–H groups in total. The van der Waals surface area contributed by atoms with Gasteiger partial charge in [0, 0.05) is 12.3 Å². The molecule has 20 heavy (non-hydrogen) atoms. The molecule has 4 rings (SSSR count). The van der Waals surface area contributed by atoms with Gasteiger partial charge in [-0.15, -0.1) is 0 Å². The summed E-state index contributed by atoms with van der Waals surface area (Å²) in [5, 5.41) is 0. The summed E-state index contributed by atoms with van der Waals surface area (Å²) in [5.74, 6) is 3.63. The van der Waals surface area contributed by atoms with Crippen LogP contribution in [-0.4, -0.2) is 5.78 Å². The summed E-state index contributed by atoms with van der Waals surface area (Å²) < 4.78 is 0. The molecule has 1 nitrogen and oxygen atoms in total. The van der Waals surface area contributed by atoms with E-state index in [2.05, 4.69) is 13.8 Å². The molecule has 0 amide bonds. The standard InChI is InChI=1S/C19H30O/c1-18-11-8-15-14(17(18)16(20)9-12-18)7-6-13-5-3-4-10-19(13,15)2/h13-15,17H,3-12H2,1-2H3/t13-,14-,15-,17+,18+,19-/m1/s1. The van der Waals surface area contributed by atoms with E-state index in [9.17, 15) is 4.79 Å². The minimum absolute atomic E-state index is 0.371.